The SMILES string of the molecule is CCc1ccc(C2=CC(=C3C=CC(=[N+](C)C)C=C3)C=C(c3ccc(CC)cc3)S2)cc1. The predicted octanol–water partition coefficient (Wildman–Crippen LogP) is 7.08. The number of nitrogens with zero attached hydrogens (tertiary/aromatic N) is 1. The molecule has 156 valence electrons. The summed E-state index contributed by atoms with van der Waals surface area (Å²) in [5.74, 6) is 0. The van der Waals surface area contributed by atoms with Gasteiger partial charge in [-0.25, -0.2) is 4.58 Å². The number of rotatable bonds is 4. The maximum Gasteiger partial charge on any atom is 0.199 e. The lowest BCUT2D eigenvalue weighted by Crippen LogP contribution is -2.10. The Labute approximate surface area is 190 Å². The second-order valence-electron chi connectivity index (χ2n) is 8.12. The molecule has 1 nitrogen and oxygen atoms in total. The van der Waals surface area contributed by atoms with Crippen molar-refractivity contribution in [3.05, 3.63) is 118 Å². The fraction of sp³-hybridized carbons (Fsp3) is 0.207. The molecule has 1 heterocycles. The molecule has 0 aromatic heterocycles. The quantitative estimate of drug-likeness (QED) is 0.474. The van der Waals surface area contributed by atoms with Gasteiger partial charge >= 0.3 is 0 Å². The van der Waals surface area contributed by atoms with Gasteiger partial charge in [0.2, 0.25) is 0 Å². The van der Waals surface area contributed by atoms with Crippen LogP contribution in [0.15, 0.2) is 96.1 Å². The second-order valence-corrected chi connectivity index (χ2v) is 9.20. The molecule has 1 aliphatic heterocycles. The molecule has 0 bridgehead atoms. The van der Waals surface area contributed by atoms with Crippen LogP contribution in [0.1, 0.15) is 36.1 Å². The molecule has 0 saturated heterocycles. The van der Waals surface area contributed by atoms with Gasteiger partial charge in [0, 0.05) is 22.0 Å². The topological polar surface area (TPSA) is 3.01 Å². The highest BCUT2D eigenvalue weighted by molar-refractivity contribution is 8.16. The number of thioether (sulfide) groups is 1. The third-order valence-electron chi connectivity index (χ3n) is 5.80. The fourth-order valence-electron chi connectivity index (χ4n) is 3.71. The van der Waals surface area contributed by atoms with Crippen molar-refractivity contribution < 1.29 is 4.58 Å². The Morgan fingerprint density at radius 3 is 1.45 bits per heavy atom. The average Bonchev–Trinajstić information content (AvgIpc) is 2.84. The van der Waals surface area contributed by atoms with Gasteiger partial charge < -0.3 is 0 Å². The highest BCUT2D eigenvalue weighted by Crippen LogP contribution is 2.45. The number of hydrogen-bond acceptors (Lipinski definition) is 1. The van der Waals surface area contributed by atoms with Crippen LogP contribution in [0.25, 0.3) is 9.81 Å². The molecule has 0 radical (unpaired) electrons. The van der Waals surface area contributed by atoms with E-state index >= 15 is 0 Å². The van der Waals surface area contributed by atoms with Crippen molar-refractivity contribution in [2.24, 2.45) is 0 Å². The van der Waals surface area contributed by atoms with E-state index in [1.165, 1.54) is 48.9 Å². The second kappa shape index (κ2) is 9.53. The molecule has 0 atom stereocenters. The lowest BCUT2D eigenvalue weighted by atomic mass is 9.99. The lowest BCUT2D eigenvalue weighted by molar-refractivity contribution is -0.462. The fourth-order valence-corrected chi connectivity index (χ4v) is 4.83. The number of hydrogen-bond donors (Lipinski definition) is 0. The molecule has 1 aliphatic carbocycles. The van der Waals surface area contributed by atoms with Crippen LogP contribution >= 0.6 is 11.8 Å². The van der Waals surface area contributed by atoms with E-state index in [1.54, 1.807) is 0 Å². The zero-order valence-electron chi connectivity index (χ0n) is 18.9. The van der Waals surface area contributed by atoms with Gasteiger partial charge in [-0.15, -0.1) is 0 Å². The Hall–Kier alpha value is -2.84. The van der Waals surface area contributed by atoms with Crippen molar-refractivity contribution in [1.82, 2.24) is 0 Å². The minimum Gasteiger partial charge on any atom is -0.235 e. The maximum atomic E-state index is 2.33. The zero-order valence-corrected chi connectivity index (χ0v) is 19.7. The molecule has 0 N–H and O–H groups in total. The number of allylic oxidation sites excluding steroid dienone is 8. The minimum atomic E-state index is 1.07. The molecule has 0 amide bonds. The summed E-state index contributed by atoms with van der Waals surface area (Å²) in [6.45, 7) is 4.40. The van der Waals surface area contributed by atoms with Crippen LogP contribution in [-0.2, 0) is 12.8 Å². The van der Waals surface area contributed by atoms with E-state index in [0.717, 1.165) is 12.8 Å². The summed E-state index contributed by atoms with van der Waals surface area (Å²) in [6.07, 6.45) is 15.6. The van der Waals surface area contributed by atoms with Crippen LogP contribution < -0.4 is 0 Å². The van der Waals surface area contributed by atoms with Gasteiger partial charge in [0.1, 0.15) is 14.1 Å². The van der Waals surface area contributed by atoms with Crippen molar-refractivity contribution in [2.75, 3.05) is 14.1 Å². The first-order chi connectivity index (χ1) is 15.1. The van der Waals surface area contributed by atoms with Crippen molar-refractivity contribution in [1.29, 1.82) is 0 Å². The van der Waals surface area contributed by atoms with Crippen LogP contribution in [0, 0.1) is 0 Å². The highest BCUT2D eigenvalue weighted by Gasteiger charge is 2.17. The molecule has 0 saturated carbocycles. The van der Waals surface area contributed by atoms with Crippen molar-refractivity contribution in [3.8, 4) is 0 Å². The molecule has 0 fully saturated rings. The number of aryl methyl sites for hydroxylation is 2. The van der Waals surface area contributed by atoms with Crippen LogP contribution in [0.5, 0.6) is 0 Å². The lowest BCUT2D eigenvalue weighted by Gasteiger charge is -2.19. The summed E-state index contributed by atoms with van der Waals surface area (Å²) < 4.78 is 2.14. The molecule has 2 aliphatic rings. The molecule has 0 spiro atoms. The standard InChI is InChI=1S/C29H30NS/c1-5-21-7-11-24(12-8-21)28-19-26(23-15-17-27(18-16-23)30(3)4)20-29(31-28)25-13-9-22(6-2)10-14-25/h7-20H,5-6H2,1-4H3/q+1. The van der Waals surface area contributed by atoms with Gasteiger partial charge in [-0.05, 0) is 70.5 Å². The van der Waals surface area contributed by atoms with E-state index in [4.69, 9.17) is 0 Å². The molecule has 2 heteroatoms. The van der Waals surface area contributed by atoms with Gasteiger partial charge in [0.25, 0.3) is 0 Å². The third-order valence-corrected chi connectivity index (χ3v) is 6.95. The van der Waals surface area contributed by atoms with E-state index in [0.29, 0.717) is 0 Å². The van der Waals surface area contributed by atoms with Crippen molar-refractivity contribution in [2.45, 2.75) is 26.7 Å². The average molecular weight is 425 g/mol. The Balaban J connectivity index is 1.78. The summed E-state index contributed by atoms with van der Waals surface area (Å²) in [4.78, 5) is 2.60. The molecular weight excluding hydrogens is 394 g/mol. The smallest absolute Gasteiger partial charge is 0.199 e. The zero-order chi connectivity index (χ0) is 21.8. The largest absolute Gasteiger partial charge is 0.235 e. The predicted molar refractivity (Wildman–Crippen MR) is 138 cm³/mol. The van der Waals surface area contributed by atoms with Gasteiger partial charge in [-0.3, -0.25) is 0 Å². The van der Waals surface area contributed by atoms with E-state index < -0.39 is 0 Å². The first kappa shape index (κ1) is 21.4. The van der Waals surface area contributed by atoms with E-state index in [1.807, 2.05) is 11.8 Å². The maximum absolute atomic E-state index is 2.33. The van der Waals surface area contributed by atoms with Gasteiger partial charge in [-0.1, -0.05) is 74.1 Å². The van der Waals surface area contributed by atoms with Crippen molar-refractivity contribution >= 4 is 27.3 Å². The molecule has 0 unspecified atom stereocenters. The highest BCUT2D eigenvalue weighted by atomic mass is 32.2. The Kier molecular flexibility index (Phi) is 6.58. The minimum absolute atomic E-state index is 1.07. The Bertz CT molecular complexity index is 1060. The first-order valence-electron chi connectivity index (χ1n) is 11.0. The van der Waals surface area contributed by atoms with Crippen LogP contribution in [0.4, 0.5) is 0 Å². The van der Waals surface area contributed by atoms with Gasteiger partial charge in [0.05, 0.1) is 0 Å². The normalized spacial score (nSPS) is 15.8. The first-order valence-corrected chi connectivity index (χ1v) is 11.8. The summed E-state index contributed by atoms with van der Waals surface area (Å²) in [7, 11) is 4.16. The molecular formula is C29H30NS+. The summed E-state index contributed by atoms with van der Waals surface area (Å²) in [5, 5.41) is 0. The summed E-state index contributed by atoms with van der Waals surface area (Å²) in [5.41, 5.74) is 9.03. The number of benzene rings is 2. The van der Waals surface area contributed by atoms with E-state index in [-0.39, 0.29) is 0 Å². The monoisotopic (exact) mass is 424 g/mol. The third kappa shape index (κ3) is 4.91. The Morgan fingerprint density at radius 1 is 0.613 bits per heavy atom. The van der Waals surface area contributed by atoms with Crippen LogP contribution in [0.2, 0.25) is 0 Å². The molecule has 2 aromatic rings. The van der Waals surface area contributed by atoms with Crippen molar-refractivity contribution in [3.63, 3.8) is 0 Å². The van der Waals surface area contributed by atoms with Gasteiger partial charge in [0.15, 0.2) is 5.71 Å². The van der Waals surface area contributed by atoms with Gasteiger partial charge in [-0.2, -0.15) is 0 Å². The summed E-state index contributed by atoms with van der Waals surface area (Å²) in [6, 6.07) is 18.0. The Morgan fingerprint density at radius 2 is 1.06 bits per heavy atom. The molecule has 31 heavy (non-hydrogen) atoms. The molecule has 4 rings (SSSR count). The van der Waals surface area contributed by atoms with Crippen LogP contribution in [0.3, 0.4) is 0 Å². The van der Waals surface area contributed by atoms with E-state index in [2.05, 4.69) is 118 Å². The summed E-state index contributed by atoms with van der Waals surface area (Å²) >= 11 is 1.86. The van der Waals surface area contributed by atoms with E-state index in [9.17, 15) is 0 Å². The molecule has 2 aromatic carbocycles. The van der Waals surface area contributed by atoms with Crippen LogP contribution in [-0.4, -0.2) is 24.4 Å².